The van der Waals surface area contributed by atoms with E-state index in [0.717, 1.165) is 39.8 Å². The standard InChI is InChI=1S/C16H16Br2N2O/c1-10-2-4-11(5-3-10)8-14(21)20-13-6-7-19-9-12(13)15(17)16(20)18/h2-5,19H,6-9H2,1H3. The van der Waals surface area contributed by atoms with Gasteiger partial charge in [0.25, 0.3) is 0 Å². The number of hydrogen-bond donors (Lipinski definition) is 1. The van der Waals surface area contributed by atoms with Gasteiger partial charge >= 0.3 is 0 Å². The maximum absolute atomic E-state index is 12.7. The highest BCUT2D eigenvalue weighted by atomic mass is 79.9. The van der Waals surface area contributed by atoms with Crippen LogP contribution in [0.5, 0.6) is 0 Å². The predicted molar refractivity (Wildman–Crippen MR) is 90.8 cm³/mol. The highest BCUT2D eigenvalue weighted by Crippen LogP contribution is 2.34. The molecule has 0 saturated carbocycles. The smallest absolute Gasteiger partial charge is 0.236 e. The zero-order chi connectivity index (χ0) is 15.0. The van der Waals surface area contributed by atoms with Crippen LogP contribution in [0.4, 0.5) is 0 Å². The van der Waals surface area contributed by atoms with E-state index in [2.05, 4.69) is 44.1 Å². The van der Waals surface area contributed by atoms with Crippen molar-refractivity contribution in [1.29, 1.82) is 0 Å². The van der Waals surface area contributed by atoms with Crippen molar-refractivity contribution >= 4 is 37.8 Å². The highest BCUT2D eigenvalue weighted by molar-refractivity contribution is 9.13. The van der Waals surface area contributed by atoms with Gasteiger partial charge in [-0.25, -0.2) is 0 Å². The lowest BCUT2D eigenvalue weighted by Gasteiger charge is -2.16. The first-order valence-corrected chi connectivity index (χ1v) is 8.53. The Kier molecular flexibility index (Phi) is 4.33. The highest BCUT2D eigenvalue weighted by Gasteiger charge is 2.25. The molecule has 0 amide bonds. The third-order valence-electron chi connectivity index (χ3n) is 3.83. The molecule has 3 nitrogen and oxygen atoms in total. The Morgan fingerprint density at radius 1 is 1.29 bits per heavy atom. The van der Waals surface area contributed by atoms with Gasteiger partial charge in [-0.2, -0.15) is 0 Å². The van der Waals surface area contributed by atoms with E-state index in [9.17, 15) is 4.79 Å². The quantitative estimate of drug-likeness (QED) is 0.814. The molecule has 110 valence electrons. The topological polar surface area (TPSA) is 34.0 Å². The van der Waals surface area contributed by atoms with Crippen molar-refractivity contribution in [2.45, 2.75) is 26.3 Å². The van der Waals surface area contributed by atoms with Gasteiger partial charge in [0.05, 0.1) is 10.9 Å². The minimum atomic E-state index is 0.106. The first-order chi connectivity index (χ1) is 10.1. The van der Waals surface area contributed by atoms with E-state index in [1.807, 2.05) is 28.8 Å². The van der Waals surface area contributed by atoms with E-state index < -0.39 is 0 Å². The largest absolute Gasteiger partial charge is 0.312 e. The Balaban J connectivity index is 1.93. The maximum atomic E-state index is 12.7. The molecule has 0 bridgehead atoms. The van der Waals surface area contributed by atoms with Crippen molar-refractivity contribution in [3.63, 3.8) is 0 Å². The Bertz CT molecular complexity index is 689. The minimum absolute atomic E-state index is 0.106. The summed E-state index contributed by atoms with van der Waals surface area (Å²) in [6.07, 6.45) is 1.29. The van der Waals surface area contributed by atoms with E-state index in [0.29, 0.717) is 6.42 Å². The Morgan fingerprint density at radius 3 is 2.71 bits per heavy atom. The minimum Gasteiger partial charge on any atom is -0.312 e. The van der Waals surface area contributed by atoms with Gasteiger partial charge in [-0.05, 0) is 44.3 Å². The molecule has 1 aromatic heterocycles. The first kappa shape index (κ1) is 15.0. The monoisotopic (exact) mass is 410 g/mol. The molecule has 21 heavy (non-hydrogen) atoms. The summed E-state index contributed by atoms with van der Waals surface area (Å²) in [5.41, 5.74) is 4.56. The summed E-state index contributed by atoms with van der Waals surface area (Å²) >= 11 is 7.14. The van der Waals surface area contributed by atoms with E-state index >= 15 is 0 Å². The van der Waals surface area contributed by atoms with Gasteiger partial charge in [-0.15, -0.1) is 0 Å². The molecular formula is C16H16Br2N2O. The van der Waals surface area contributed by atoms with Crippen molar-refractivity contribution in [2.75, 3.05) is 6.54 Å². The summed E-state index contributed by atoms with van der Waals surface area (Å²) in [4.78, 5) is 12.7. The van der Waals surface area contributed by atoms with Crippen LogP contribution in [0.1, 0.15) is 27.2 Å². The summed E-state index contributed by atoms with van der Waals surface area (Å²) in [6, 6.07) is 8.13. The summed E-state index contributed by atoms with van der Waals surface area (Å²) < 4.78 is 3.63. The van der Waals surface area contributed by atoms with Gasteiger partial charge in [0.15, 0.2) is 0 Å². The van der Waals surface area contributed by atoms with Crippen molar-refractivity contribution in [2.24, 2.45) is 0 Å². The van der Waals surface area contributed by atoms with Crippen molar-refractivity contribution in [1.82, 2.24) is 9.88 Å². The summed E-state index contributed by atoms with van der Waals surface area (Å²) in [6.45, 7) is 3.77. The second-order valence-electron chi connectivity index (χ2n) is 5.35. The van der Waals surface area contributed by atoms with E-state index in [-0.39, 0.29) is 5.91 Å². The number of aromatic nitrogens is 1. The second kappa shape index (κ2) is 6.07. The van der Waals surface area contributed by atoms with Crippen molar-refractivity contribution in [3.8, 4) is 0 Å². The molecule has 0 unspecified atom stereocenters. The number of benzene rings is 1. The second-order valence-corrected chi connectivity index (χ2v) is 6.89. The van der Waals surface area contributed by atoms with Gasteiger partial charge in [0, 0.05) is 30.8 Å². The van der Waals surface area contributed by atoms with Gasteiger partial charge in [-0.1, -0.05) is 29.8 Å². The molecule has 2 heterocycles. The number of carbonyl (C=O) groups excluding carboxylic acids is 1. The summed E-state index contributed by atoms with van der Waals surface area (Å²) in [5, 5.41) is 3.34. The van der Waals surface area contributed by atoms with Crippen LogP contribution < -0.4 is 5.32 Å². The molecular weight excluding hydrogens is 396 g/mol. The number of halogens is 2. The number of nitrogens with zero attached hydrogens (tertiary/aromatic N) is 1. The normalized spacial score (nSPS) is 14.0. The fourth-order valence-electron chi connectivity index (χ4n) is 2.68. The number of rotatable bonds is 2. The predicted octanol–water partition coefficient (Wildman–Crippen LogP) is 3.85. The fourth-order valence-corrected chi connectivity index (χ4v) is 3.88. The molecule has 0 atom stereocenters. The molecule has 5 heteroatoms. The van der Waals surface area contributed by atoms with Gasteiger partial charge in [0.2, 0.25) is 5.91 Å². The number of carbonyl (C=O) groups is 1. The van der Waals surface area contributed by atoms with Crippen LogP contribution in [0, 0.1) is 6.92 Å². The Labute approximate surface area is 141 Å². The van der Waals surface area contributed by atoms with Crippen molar-refractivity contribution < 1.29 is 4.79 Å². The summed E-state index contributed by atoms with van der Waals surface area (Å²) in [7, 11) is 0. The van der Waals surface area contributed by atoms with Crippen LogP contribution in [0.25, 0.3) is 0 Å². The van der Waals surface area contributed by atoms with Gasteiger partial charge in [-0.3, -0.25) is 9.36 Å². The fraction of sp³-hybridized carbons (Fsp3) is 0.312. The van der Waals surface area contributed by atoms with Crippen LogP contribution >= 0.6 is 31.9 Å². The maximum Gasteiger partial charge on any atom is 0.236 e. The molecule has 3 rings (SSSR count). The molecule has 0 fully saturated rings. The number of hydrogen-bond acceptors (Lipinski definition) is 2. The number of fused-ring (bicyclic) bond motifs is 1. The van der Waals surface area contributed by atoms with Crippen LogP contribution in [0.15, 0.2) is 33.3 Å². The third-order valence-corrected chi connectivity index (χ3v) is 5.96. The molecule has 0 radical (unpaired) electrons. The van der Waals surface area contributed by atoms with Gasteiger partial charge in [0.1, 0.15) is 4.60 Å². The number of aryl methyl sites for hydroxylation is 1. The first-order valence-electron chi connectivity index (χ1n) is 6.95. The molecule has 1 N–H and O–H groups in total. The average Bonchev–Trinajstić information content (AvgIpc) is 2.74. The molecule has 1 aliphatic heterocycles. The zero-order valence-electron chi connectivity index (χ0n) is 11.7. The zero-order valence-corrected chi connectivity index (χ0v) is 14.9. The van der Waals surface area contributed by atoms with Crippen LogP contribution in [-0.2, 0) is 19.4 Å². The van der Waals surface area contributed by atoms with E-state index in [1.54, 1.807) is 0 Å². The molecule has 0 aliphatic carbocycles. The van der Waals surface area contributed by atoms with Crippen LogP contribution in [0.3, 0.4) is 0 Å². The lowest BCUT2D eigenvalue weighted by atomic mass is 10.1. The molecule has 0 spiro atoms. The average molecular weight is 412 g/mol. The van der Waals surface area contributed by atoms with Crippen LogP contribution in [0.2, 0.25) is 0 Å². The van der Waals surface area contributed by atoms with Crippen molar-refractivity contribution in [3.05, 3.63) is 55.7 Å². The summed E-state index contributed by atoms with van der Waals surface area (Å²) in [5.74, 6) is 0.106. The third kappa shape index (κ3) is 2.87. The molecule has 1 aliphatic rings. The number of nitrogens with one attached hydrogen (secondary N) is 1. The van der Waals surface area contributed by atoms with Gasteiger partial charge < -0.3 is 5.32 Å². The Morgan fingerprint density at radius 2 is 2.00 bits per heavy atom. The lowest BCUT2D eigenvalue weighted by Crippen LogP contribution is -2.27. The Hall–Kier alpha value is -0.910. The lowest BCUT2D eigenvalue weighted by molar-refractivity contribution is 0.0908. The SMILES string of the molecule is Cc1ccc(CC(=O)n2c(Br)c(Br)c3c2CCNC3)cc1. The van der Waals surface area contributed by atoms with E-state index in [4.69, 9.17) is 0 Å². The van der Waals surface area contributed by atoms with Crippen LogP contribution in [-0.4, -0.2) is 17.0 Å². The molecule has 1 aromatic carbocycles. The van der Waals surface area contributed by atoms with E-state index in [1.165, 1.54) is 11.1 Å². The molecule has 0 saturated heterocycles. The molecule has 2 aromatic rings.